The molecule has 6 rings (SSSR count). The molecule has 8 heteroatoms. The van der Waals surface area contributed by atoms with Gasteiger partial charge in [0.05, 0.1) is 24.5 Å². The van der Waals surface area contributed by atoms with Crippen LogP contribution < -0.4 is 15.8 Å². The molecule has 51 heavy (non-hydrogen) atoms. The van der Waals surface area contributed by atoms with Crippen molar-refractivity contribution in [2.75, 3.05) is 19.8 Å². The number of phenols is 1. The number of benzene rings is 3. The first kappa shape index (κ1) is 36.5. The lowest BCUT2D eigenvalue weighted by Gasteiger charge is -2.32. The molecule has 270 valence electrons. The van der Waals surface area contributed by atoms with E-state index in [1.54, 1.807) is 6.07 Å². The standard InChI is InChI=1S/C43H54N4O4/c1-2-3-5-15-35(48)26-36(49)18-16-32-17-19-40(50)41(24-32)51-30-47-28-37-38(27-46-39(37)29-47)43(21-8-9-22-43)34-14-10-13-33(25-34)42(44)45-23-20-31-11-6-4-7-12-31/h4,6-7,10-14,17,19,24-25,27-28,35,42,45,48,50H,2-3,5,8-9,15-16,18,20-23,26,29-30,44H2,1H3. The van der Waals surface area contributed by atoms with E-state index in [1.165, 1.54) is 35.1 Å². The third-order valence-electron chi connectivity index (χ3n) is 10.7. The van der Waals surface area contributed by atoms with Gasteiger partial charge < -0.3 is 25.6 Å². The quantitative estimate of drug-likeness (QED) is 0.0764. The zero-order valence-electron chi connectivity index (χ0n) is 30.0. The van der Waals surface area contributed by atoms with Gasteiger partial charge in [0.1, 0.15) is 5.78 Å². The number of aliphatic imine (C=N–C) groups is 1. The Morgan fingerprint density at radius 2 is 1.84 bits per heavy atom. The summed E-state index contributed by atoms with van der Waals surface area (Å²) in [5.41, 5.74) is 14.6. The van der Waals surface area contributed by atoms with E-state index in [1.807, 2.05) is 18.2 Å². The SMILES string of the molecule is CCCCCC(O)CC(=O)CCc1ccc(O)c(OCN2C=C3C(C4(c5cccc(C(N)NCCc6ccccc6)c5)CCCC4)=CN=C3C2)c1. The van der Waals surface area contributed by atoms with Crippen molar-refractivity contribution in [1.82, 2.24) is 10.2 Å². The Bertz CT molecular complexity index is 1730. The Kier molecular flexibility index (Phi) is 12.4. The minimum absolute atomic E-state index is 0.0551. The predicted molar refractivity (Wildman–Crippen MR) is 204 cm³/mol. The smallest absolute Gasteiger partial charge is 0.163 e. The van der Waals surface area contributed by atoms with E-state index >= 15 is 0 Å². The number of nitrogens with one attached hydrogen (secondary N) is 1. The number of aliphatic hydroxyl groups is 1. The van der Waals surface area contributed by atoms with Crippen LogP contribution in [-0.4, -0.2) is 52.5 Å². The number of rotatable bonds is 19. The van der Waals surface area contributed by atoms with Crippen LogP contribution in [0.15, 0.2) is 101 Å². The fraction of sp³-hybridized carbons (Fsp3) is 0.442. The molecule has 3 aromatic rings. The number of aryl methyl sites for hydroxylation is 1. The summed E-state index contributed by atoms with van der Waals surface area (Å²) >= 11 is 0. The summed E-state index contributed by atoms with van der Waals surface area (Å²) < 4.78 is 6.14. The molecule has 1 fully saturated rings. The second-order valence-electron chi connectivity index (χ2n) is 14.5. The van der Waals surface area contributed by atoms with Crippen LogP contribution >= 0.6 is 0 Å². The molecule has 1 saturated carbocycles. The monoisotopic (exact) mass is 690 g/mol. The molecule has 0 aromatic heterocycles. The first-order valence-electron chi connectivity index (χ1n) is 18.9. The Hall–Kier alpha value is -4.24. The number of carbonyl (C=O) groups is 1. The van der Waals surface area contributed by atoms with Gasteiger partial charge in [-0.15, -0.1) is 0 Å². The predicted octanol–water partition coefficient (Wildman–Crippen LogP) is 7.40. The van der Waals surface area contributed by atoms with Crippen LogP contribution in [0.3, 0.4) is 0 Å². The first-order valence-corrected chi connectivity index (χ1v) is 18.9. The average molecular weight is 691 g/mol. The second-order valence-corrected chi connectivity index (χ2v) is 14.5. The third-order valence-corrected chi connectivity index (χ3v) is 10.7. The highest BCUT2D eigenvalue weighted by molar-refractivity contribution is 6.10. The van der Waals surface area contributed by atoms with E-state index in [2.05, 4.69) is 78.1 Å². The number of aromatic hydroxyl groups is 1. The minimum Gasteiger partial charge on any atom is -0.504 e. The van der Waals surface area contributed by atoms with Crippen LogP contribution in [0.25, 0.3) is 0 Å². The number of fused-ring (bicyclic) bond motifs is 1. The molecular formula is C43H54N4O4. The van der Waals surface area contributed by atoms with Crippen molar-refractivity contribution in [3.05, 3.63) is 119 Å². The maximum atomic E-state index is 12.5. The van der Waals surface area contributed by atoms with E-state index in [0.29, 0.717) is 31.6 Å². The summed E-state index contributed by atoms with van der Waals surface area (Å²) in [7, 11) is 0. The highest BCUT2D eigenvalue weighted by Crippen LogP contribution is 2.51. The lowest BCUT2D eigenvalue weighted by Crippen LogP contribution is -2.31. The van der Waals surface area contributed by atoms with Gasteiger partial charge in [-0.3, -0.25) is 15.1 Å². The third kappa shape index (κ3) is 9.17. The number of allylic oxidation sites excluding steroid dienone is 1. The molecule has 0 radical (unpaired) electrons. The molecule has 2 aliphatic heterocycles. The number of aliphatic hydroxyl groups excluding tert-OH is 1. The molecule has 0 saturated heterocycles. The van der Waals surface area contributed by atoms with Gasteiger partial charge in [0.15, 0.2) is 18.2 Å². The molecule has 0 amide bonds. The van der Waals surface area contributed by atoms with Crippen molar-refractivity contribution in [2.24, 2.45) is 10.7 Å². The highest BCUT2D eigenvalue weighted by Gasteiger charge is 2.44. The van der Waals surface area contributed by atoms with Crippen LogP contribution in [0.4, 0.5) is 0 Å². The number of carbonyl (C=O) groups excluding carboxylic acids is 1. The lowest BCUT2D eigenvalue weighted by molar-refractivity contribution is -0.121. The number of Topliss-reactive ketones (excluding diaryl/α,β-unsaturated/α-hetero) is 1. The van der Waals surface area contributed by atoms with Crippen LogP contribution in [0.1, 0.15) is 99.6 Å². The van der Waals surface area contributed by atoms with Gasteiger partial charge in [-0.25, -0.2) is 0 Å². The number of hydrogen-bond acceptors (Lipinski definition) is 8. The highest BCUT2D eigenvalue weighted by atomic mass is 16.5. The molecule has 8 nitrogen and oxygen atoms in total. The first-order chi connectivity index (χ1) is 24.8. The normalized spacial score (nSPS) is 17.5. The van der Waals surface area contributed by atoms with Crippen molar-refractivity contribution in [1.29, 1.82) is 0 Å². The van der Waals surface area contributed by atoms with Gasteiger partial charge in [0, 0.05) is 42.8 Å². The maximum Gasteiger partial charge on any atom is 0.163 e. The fourth-order valence-electron chi connectivity index (χ4n) is 7.81. The van der Waals surface area contributed by atoms with Crippen molar-refractivity contribution < 1.29 is 19.7 Å². The maximum absolute atomic E-state index is 12.5. The average Bonchev–Trinajstić information content (AvgIpc) is 3.89. The molecule has 3 aromatic carbocycles. The van der Waals surface area contributed by atoms with Crippen molar-refractivity contribution in [2.45, 2.75) is 102 Å². The van der Waals surface area contributed by atoms with Gasteiger partial charge in [0.2, 0.25) is 0 Å². The van der Waals surface area contributed by atoms with E-state index in [9.17, 15) is 15.0 Å². The van der Waals surface area contributed by atoms with Gasteiger partial charge in [-0.05, 0) is 72.1 Å². The molecule has 3 aliphatic rings. The van der Waals surface area contributed by atoms with Gasteiger partial charge in [-0.1, -0.05) is 99.7 Å². The number of unbranched alkanes of at least 4 members (excludes halogenated alkanes) is 2. The second kappa shape index (κ2) is 17.3. The zero-order chi connectivity index (χ0) is 35.6. The van der Waals surface area contributed by atoms with Crippen LogP contribution in [0, 0.1) is 0 Å². The zero-order valence-corrected chi connectivity index (χ0v) is 30.0. The van der Waals surface area contributed by atoms with Crippen LogP contribution in [0.5, 0.6) is 11.5 Å². The summed E-state index contributed by atoms with van der Waals surface area (Å²) in [4.78, 5) is 19.5. The molecule has 2 heterocycles. The van der Waals surface area contributed by atoms with E-state index < -0.39 is 6.10 Å². The molecule has 1 aliphatic carbocycles. The number of hydrogen-bond donors (Lipinski definition) is 4. The summed E-state index contributed by atoms with van der Waals surface area (Å²) in [5, 5.41) is 24.3. The Labute approximate surface area is 303 Å². The number of nitrogens with two attached hydrogens (primary N) is 1. The molecule has 2 unspecified atom stereocenters. The number of nitrogens with zero attached hydrogens (tertiary/aromatic N) is 2. The Balaban J connectivity index is 1.07. The van der Waals surface area contributed by atoms with Crippen molar-refractivity contribution in [3.8, 4) is 11.5 Å². The summed E-state index contributed by atoms with van der Waals surface area (Å²) in [6, 6.07) is 24.5. The summed E-state index contributed by atoms with van der Waals surface area (Å²) in [6.07, 6.45) is 13.7. The molecule has 0 bridgehead atoms. The topological polar surface area (TPSA) is 120 Å². The van der Waals surface area contributed by atoms with E-state index in [0.717, 1.165) is 61.9 Å². The molecule has 2 atom stereocenters. The number of ether oxygens (including phenoxy) is 1. The van der Waals surface area contributed by atoms with Gasteiger partial charge in [-0.2, -0.15) is 0 Å². The van der Waals surface area contributed by atoms with Crippen LogP contribution in [-0.2, 0) is 23.1 Å². The molecule has 5 N–H and O–H groups in total. The van der Waals surface area contributed by atoms with Crippen molar-refractivity contribution in [3.63, 3.8) is 0 Å². The Morgan fingerprint density at radius 3 is 2.65 bits per heavy atom. The minimum atomic E-state index is -0.568. The number of phenolic OH excluding ortho intramolecular Hbond substituents is 1. The Morgan fingerprint density at radius 1 is 1.02 bits per heavy atom. The fourth-order valence-corrected chi connectivity index (χ4v) is 7.81. The van der Waals surface area contributed by atoms with E-state index in [4.69, 9.17) is 15.5 Å². The molecular weight excluding hydrogens is 636 g/mol. The lowest BCUT2D eigenvalue weighted by atomic mass is 9.70. The van der Waals surface area contributed by atoms with Gasteiger partial charge >= 0.3 is 0 Å². The van der Waals surface area contributed by atoms with E-state index in [-0.39, 0.29) is 36.3 Å². The molecule has 0 spiro atoms. The van der Waals surface area contributed by atoms with Crippen LogP contribution in [0.2, 0.25) is 0 Å². The number of ketones is 1. The van der Waals surface area contributed by atoms with Gasteiger partial charge in [0.25, 0.3) is 0 Å². The largest absolute Gasteiger partial charge is 0.504 e. The summed E-state index contributed by atoms with van der Waals surface area (Å²) in [6.45, 7) is 3.83. The summed E-state index contributed by atoms with van der Waals surface area (Å²) in [5.74, 6) is 0.518. The van der Waals surface area contributed by atoms with Crippen molar-refractivity contribution >= 4 is 11.5 Å².